The summed E-state index contributed by atoms with van der Waals surface area (Å²) < 4.78 is 0. The van der Waals surface area contributed by atoms with Crippen LogP contribution in [0.25, 0.3) is 0 Å². The summed E-state index contributed by atoms with van der Waals surface area (Å²) in [6, 6.07) is 8.13. The Kier molecular flexibility index (Phi) is 5.15. The van der Waals surface area contributed by atoms with Gasteiger partial charge in [0.25, 0.3) is 0 Å². The fraction of sp³-hybridized carbons (Fsp3) is 0.536. The van der Waals surface area contributed by atoms with Crippen molar-refractivity contribution < 1.29 is 19.8 Å². The molecule has 4 aliphatic rings. The number of benzene rings is 1. The average molecular weight is 448 g/mol. The lowest BCUT2D eigenvalue weighted by Gasteiger charge is -2.56. The maximum Gasteiger partial charge on any atom is 0.190 e. The van der Waals surface area contributed by atoms with Gasteiger partial charge in [-0.2, -0.15) is 0 Å². The van der Waals surface area contributed by atoms with Gasteiger partial charge in [-0.05, 0) is 68.7 Å². The summed E-state index contributed by atoms with van der Waals surface area (Å²) in [5.74, 6) is -0.356. The van der Waals surface area contributed by atoms with Crippen LogP contribution in [0.15, 0.2) is 53.1 Å². The first kappa shape index (κ1) is 22.4. The molecule has 3 saturated carbocycles. The number of allylic oxidation sites excluding steroid dienone is 4. The van der Waals surface area contributed by atoms with Crippen LogP contribution in [0.3, 0.4) is 0 Å². The molecule has 0 radical (unpaired) electrons. The molecule has 0 bridgehead atoms. The molecule has 0 aliphatic heterocycles. The van der Waals surface area contributed by atoms with E-state index in [1.807, 2.05) is 25.1 Å². The Labute approximate surface area is 195 Å². The van der Waals surface area contributed by atoms with E-state index in [9.17, 15) is 19.8 Å². The van der Waals surface area contributed by atoms with Crippen molar-refractivity contribution in [3.63, 3.8) is 0 Å². The first-order chi connectivity index (χ1) is 15.6. The van der Waals surface area contributed by atoms with Crippen molar-refractivity contribution in [1.29, 1.82) is 0 Å². The van der Waals surface area contributed by atoms with Gasteiger partial charge in [0.05, 0.1) is 11.4 Å². The number of rotatable bonds is 3. The highest BCUT2D eigenvalue weighted by Gasteiger charge is 2.68. The van der Waals surface area contributed by atoms with Gasteiger partial charge in [0.2, 0.25) is 0 Å². The van der Waals surface area contributed by atoms with Crippen molar-refractivity contribution in [2.75, 3.05) is 6.61 Å². The molecule has 0 amide bonds. The molecule has 0 saturated heterocycles. The highest BCUT2D eigenvalue weighted by Crippen LogP contribution is 2.66. The van der Waals surface area contributed by atoms with Crippen molar-refractivity contribution in [3.8, 4) is 0 Å². The molecule has 0 heterocycles. The zero-order valence-corrected chi connectivity index (χ0v) is 19.7. The van der Waals surface area contributed by atoms with Crippen LogP contribution in [0.1, 0.15) is 51.5 Å². The molecule has 5 heteroatoms. The number of nitrogens with zero attached hydrogens (tertiary/aromatic N) is 1. The predicted octanol–water partition coefficient (Wildman–Crippen LogP) is 4.28. The minimum Gasteiger partial charge on any atom is -0.388 e. The number of Topliss-reactive ketones (excluding diaryl/α,β-unsaturated/α-hetero) is 2. The second-order valence-corrected chi connectivity index (χ2v) is 11.0. The van der Waals surface area contributed by atoms with E-state index in [2.05, 4.69) is 38.1 Å². The minimum atomic E-state index is -1.61. The molecular weight excluding hydrogens is 414 g/mol. The monoisotopic (exact) mass is 447 g/mol. The van der Waals surface area contributed by atoms with Crippen molar-refractivity contribution in [2.24, 2.45) is 33.6 Å². The molecule has 1 aromatic rings. The lowest BCUT2D eigenvalue weighted by atomic mass is 9.46. The Morgan fingerprint density at radius 2 is 1.91 bits per heavy atom. The molecule has 3 fully saturated rings. The third kappa shape index (κ3) is 3.16. The SMILES string of the molecule is Cc1ccc(N=C2C=C[C@@]3(C)C(=C2)CC[C@@H]2[C@@H]3C(=O)C[C@@]3(C)[C@H]2CC[C@]3(O)C(=O)CO)cc1. The topological polar surface area (TPSA) is 87.0 Å². The second kappa shape index (κ2) is 7.57. The van der Waals surface area contributed by atoms with Gasteiger partial charge in [0.1, 0.15) is 18.0 Å². The Morgan fingerprint density at radius 1 is 1.18 bits per heavy atom. The summed E-state index contributed by atoms with van der Waals surface area (Å²) in [5.41, 5.74) is 1.48. The predicted molar refractivity (Wildman–Crippen MR) is 127 cm³/mol. The van der Waals surface area contributed by atoms with E-state index < -0.39 is 23.4 Å². The first-order valence-corrected chi connectivity index (χ1v) is 12.1. The number of hydrogen-bond acceptors (Lipinski definition) is 5. The molecule has 4 aliphatic carbocycles. The highest BCUT2D eigenvalue weighted by atomic mass is 16.3. The Balaban J connectivity index is 1.47. The van der Waals surface area contributed by atoms with Gasteiger partial charge in [-0.3, -0.25) is 9.59 Å². The van der Waals surface area contributed by atoms with Crippen LogP contribution in [0.5, 0.6) is 0 Å². The Hall–Kier alpha value is -2.37. The third-order valence-corrected chi connectivity index (χ3v) is 9.32. The van der Waals surface area contributed by atoms with Gasteiger partial charge in [-0.1, -0.05) is 43.2 Å². The van der Waals surface area contributed by atoms with E-state index in [-0.39, 0.29) is 35.4 Å². The average Bonchev–Trinajstić information content (AvgIpc) is 3.06. The number of hydrogen-bond donors (Lipinski definition) is 2. The number of aliphatic hydroxyl groups excluding tert-OH is 1. The highest BCUT2D eigenvalue weighted by molar-refractivity contribution is 6.07. The number of aryl methyl sites for hydroxylation is 1. The number of fused-ring (bicyclic) bond motifs is 5. The molecule has 33 heavy (non-hydrogen) atoms. The van der Waals surface area contributed by atoms with Gasteiger partial charge in [0.15, 0.2) is 5.78 Å². The van der Waals surface area contributed by atoms with Crippen LogP contribution in [0, 0.1) is 35.5 Å². The number of carbonyl (C=O) groups excluding carboxylic acids is 2. The number of carbonyl (C=O) groups is 2. The summed E-state index contributed by atoms with van der Waals surface area (Å²) in [7, 11) is 0. The molecule has 1 aromatic carbocycles. The summed E-state index contributed by atoms with van der Waals surface area (Å²) >= 11 is 0. The van der Waals surface area contributed by atoms with Crippen molar-refractivity contribution >= 4 is 23.0 Å². The Bertz CT molecular complexity index is 1100. The zero-order chi connectivity index (χ0) is 23.6. The second-order valence-electron chi connectivity index (χ2n) is 11.0. The first-order valence-electron chi connectivity index (χ1n) is 12.1. The molecule has 5 nitrogen and oxygen atoms in total. The number of aliphatic hydroxyl groups is 2. The summed E-state index contributed by atoms with van der Waals surface area (Å²) in [5, 5.41) is 20.8. The van der Waals surface area contributed by atoms with E-state index in [0.29, 0.717) is 12.8 Å². The van der Waals surface area contributed by atoms with Gasteiger partial charge in [0, 0.05) is 23.2 Å². The molecule has 0 unspecified atom stereocenters. The number of ketones is 2. The van der Waals surface area contributed by atoms with Crippen LogP contribution >= 0.6 is 0 Å². The minimum absolute atomic E-state index is 0.0927. The van der Waals surface area contributed by atoms with Crippen molar-refractivity contribution in [1.82, 2.24) is 0 Å². The zero-order valence-electron chi connectivity index (χ0n) is 19.7. The van der Waals surface area contributed by atoms with Crippen LogP contribution in [0.2, 0.25) is 0 Å². The molecule has 0 spiro atoms. The quantitative estimate of drug-likeness (QED) is 0.724. The van der Waals surface area contributed by atoms with Crippen LogP contribution in [0.4, 0.5) is 5.69 Å². The van der Waals surface area contributed by atoms with E-state index in [1.54, 1.807) is 0 Å². The van der Waals surface area contributed by atoms with Crippen LogP contribution in [-0.4, -0.2) is 39.7 Å². The Morgan fingerprint density at radius 3 is 2.61 bits per heavy atom. The molecule has 6 atom stereocenters. The van der Waals surface area contributed by atoms with E-state index >= 15 is 0 Å². The molecule has 0 aromatic heterocycles. The largest absolute Gasteiger partial charge is 0.388 e. The van der Waals surface area contributed by atoms with Gasteiger partial charge in [-0.15, -0.1) is 0 Å². The van der Waals surface area contributed by atoms with E-state index in [0.717, 1.165) is 24.2 Å². The fourth-order valence-electron chi connectivity index (χ4n) is 7.47. The van der Waals surface area contributed by atoms with Crippen LogP contribution in [-0.2, 0) is 9.59 Å². The number of aliphatic imine (C=N–C) groups is 1. The van der Waals surface area contributed by atoms with Crippen molar-refractivity contribution in [3.05, 3.63) is 53.6 Å². The maximum absolute atomic E-state index is 13.7. The van der Waals surface area contributed by atoms with Crippen molar-refractivity contribution in [2.45, 2.75) is 58.5 Å². The van der Waals surface area contributed by atoms with Gasteiger partial charge in [-0.25, -0.2) is 4.99 Å². The smallest absolute Gasteiger partial charge is 0.190 e. The van der Waals surface area contributed by atoms with E-state index in [4.69, 9.17) is 4.99 Å². The summed E-state index contributed by atoms with van der Waals surface area (Å²) in [6.07, 6.45) is 9.31. The normalized spacial score (nSPS) is 40.8. The summed E-state index contributed by atoms with van der Waals surface area (Å²) in [4.78, 5) is 31.0. The maximum atomic E-state index is 13.7. The standard InChI is InChI=1S/C28H33NO4/c1-17-4-7-19(8-5-17)29-20-10-12-26(2)18(14-20)6-9-21-22-11-13-28(33,24(32)16-30)27(22,3)15-23(31)25(21)26/h4-5,7-8,10,12,14,21-22,25,30,33H,6,9,11,13,15-16H2,1-3H3/t21-,22-,25+,26-,27-,28-/m0/s1. The molecule has 5 rings (SSSR count). The van der Waals surface area contributed by atoms with Gasteiger partial charge < -0.3 is 10.2 Å². The lowest BCUT2D eigenvalue weighted by Crippen LogP contribution is -2.60. The third-order valence-electron chi connectivity index (χ3n) is 9.32. The molecular formula is C28H33NO4. The molecule has 2 N–H and O–H groups in total. The molecule has 174 valence electrons. The lowest BCUT2D eigenvalue weighted by molar-refractivity contribution is -0.168. The van der Waals surface area contributed by atoms with E-state index in [1.165, 1.54) is 11.1 Å². The fourth-order valence-corrected chi connectivity index (χ4v) is 7.47. The summed E-state index contributed by atoms with van der Waals surface area (Å²) in [6.45, 7) is 5.43. The van der Waals surface area contributed by atoms with Crippen LogP contribution < -0.4 is 0 Å². The van der Waals surface area contributed by atoms with Gasteiger partial charge >= 0.3 is 0 Å².